The van der Waals surface area contributed by atoms with Crippen LogP contribution in [0.25, 0.3) is 0 Å². The van der Waals surface area contributed by atoms with Gasteiger partial charge in [-0.25, -0.2) is 19.6 Å². The van der Waals surface area contributed by atoms with E-state index in [1.54, 1.807) is 41.5 Å². The van der Waals surface area contributed by atoms with Gasteiger partial charge in [-0.3, -0.25) is 20.8 Å². The number of nitrogen functional groups attached to an aromatic ring is 2. The number of anilines is 2. The summed E-state index contributed by atoms with van der Waals surface area (Å²) in [4.78, 5) is 53.0. The van der Waals surface area contributed by atoms with Crippen molar-refractivity contribution < 1.29 is 23.9 Å². The Morgan fingerprint density at radius 3 is 2.00 bits per heavy atom. The van der Waals surface area contributed by atoms with E-state index in [2.05, 4.69) is 46.0 Å². The smallest absolute Gasteiger partial charge is 0.437 e. The molecular formula is C28H49ClN12O5. The number of hydrogen-bond acceptors (Lipinski definition) is 12. The predicted molar refractivity (Wildman–Crippen MR) is 177 cm³/mol. The molecule has 0 unspecified atom stereocenters. The van der Waals surface area contributed by atoms with E-state index in [0.29, 0.717) is 13.1 Å². The molecule has 0 aliphatic carbocycles. The highest BCUT2D eigenvalue weighted by Crippen LogP contribution is 2.17. The maximum atomic E-state index is 12.3. The minimum Gasteiger partial charge on any atom is -0.444 e. The van der Waals surface area contributed by atoms with Gasteiger partial charge in [-0.2, -0.15) is 0 Å². The molecule has 1 aromatic rings. The molecule has 1 fully saturated rings. The highest BCUT2D eigenvalue weighted by molar-refractivity contribution is 6.31. The van der Waals surface area contributed by atoms with E-state index >= 15 is 0 Å². The lowest BCUT2D eigenvalue weighted by Crippen LogP contribution is -2.48. The number of piperazine rings is 1. The van der Waals surface area contributed by atoms with Crippen LogP contribution in [0, 0.1) is 5.41 Å². The summed E-state index contributed by atoms with van der Waals surface area (Å²) in [6.45, 7) is 16.9. The molecule has 0 radical (unpaired) electrons. The van der Waals surface area contributed by atoms with Gasteiger partial charge in [-0.1, -0.05) is 11.6 Å². The molecule has 1 aliphatic heterocycles. The van der Waals surface area contributed by atoms with Crippen molar-refractivity contribution in [2.75, 3.05) is 63.8 Å². The molecule has 0 aromatic carbocycles. The second kappa shape index (κ2) is 17.7. The molecule has 9 N–H and O–H groups in total. The van der Waals surface area contributed by atoms with Gasteiger partial charge in [0.15, 0.2) is 28.4 Å². The Hall–Kier alpha value is -3.96. The molecule has 0 saturated carbocycles. The largest absolute Gasteiger partial charge is 0.444 e. The highest BCUT2D eigenvalue weighted by Gasteiger charge is 2.21. The zero-order valence-corrected chi connectivity index (χ0v) is 28.3. The number of nitrogens with zero attached hydrogens (tertiary/aromatic N) is 5. The summed E-state index contributed by atoms with van der Waals surface area (Å²) >= 11 is 5.81. The van der Waals surface area contributed by atoms with E-state index in [1.807, 2.05) is 0 Å². The molecule has 2 rings (SSSR count). The maximum Gasteiger partial charge on any atom is 0.437 e. The molecule has 1 aliphatic rings. The van der Waals surface area contributed by atoms with Crippen LogP contribution in [0.5, 0.6) is 0 Å². The third kappa shape index (κ3) is 15.4. The van der Waals surface area contributed by atoms with Gasteiger partial charge in [0.2, 0.25) is 5.96 Å². The lowest BCUT2D eigenvalue weighted by Gasteiger charge is -2.34. The molecule has 0 atom stereocenters. The van der Waals surface area contributed by atoms with E-state index in [4.69, 9.17) is 38.0 Å². The van der Waals surface area contributed by atoms with Crippen molar-refractivity contribution in [2.24, 2.45) is 4.99 Å². The summed E-state index contributed by atoms with van der Waals surface area (Å²) in [6.07, 6.45) is 0.963. The number of hydrogen-bond donors (Lipinski definition) is 7. The average Bonchev–Trinajstić information content (AvgIpc) is 2.91. The van der Waals surface area contributed by atoms with Gasteiger partial charge >= 0.3 is 12.2 Å². The van der Waals surface area contributed by atoms with Gasteiger partial charge in [-0.05, 0) is 73.9 Å². The summed E-state index contributed by atoms with van der Waals surface area (Å²) < 4.78 is 10.5. The first-order valence-corrected chi connectivity index (χ1v) is 15.5. The average molecular weight is 669 g/mol. The van der Waals surface area contributed by atoms with E-state index in [0.717, 1.165) is 58.5 Å². The van der Waals surface area contributed by atoms with Crippen LogP contribution in [0.4, 0.5) is 21.2 Å². The zero-order chi connectivity index (χ0) is 34.5. The van der Waals surface area contributed by atoms with Gasteiger partial charge in [0.25, 0.3) is 5.91 Å². The predicted octanol–water partition coefficient (Wildman–Crippen LogP) is 1.74. The standard InChI is InChI=1S/C28H49ClN12O5/c1-27(2,3)45-25(43)38-24(39-26(44)46-28(4,5)6)34-11-9-13-41-16-14-40(15-17-41)12-8-7-10-33-23(32)37-22(42)18-20(30)36-21(31)19(29)35-18/h7-17H2,1-6H3,(H4,30,31,36)(H3,32,33,37,42)(H2,34,38,39,43,44). The van der Waals surface area contributed by atoms with Gasteiger partial charge in [0.1, 0.15) is 11.2 Å². The van der Waals surface area contributed by atoms with Crippen molar-refractivity contribution in [2.45, 2.75) is 72.0 Å². The number of aromatic nitrogens is 2. The number of amides is 3. The zero-order valence-electron chi connectivity index (χ0n) is 27.6. The Kier molecular flexibility index (Phi) is 14.7. The van der Waals surface area contributed by atoms with E-state index in [9.17, 15) is 14.4 Å². The monoisotopic (exact) mass is 668 g/mol. The molecule has 0 bridgehead atoms. The Bertz CT molecular complexity index is 1240. The quantitative estimate of drug-likeness (QED) is 0.107. The fourth-order valence-corrected chi connectivity index (χ4v) is 4.26. The van der Waals surface area contributed by atoms with Gasteiger partial charge in [-0.15, -0.1) is 4.99 Å². The number of carbonyl (C=O) groups excluding carboxylic acids is 3. The summed E-state index contributed by atoms with van der Waals surface area (Å²) in [5.41, 5.74) is 9.57. The van der Waals surface area contributed by atoms with Crippen LogP contribution in [0.1, 0.15) is 71.3 Å². The molecule has 2 heterocycles. The van der Waals surface area contributed by atoms with Gasteiger partial charge in [0.05, 0.1) is 0 Å². The third-order valence-electron chi connectivity index (χ3n) is 6.19. The lowest BCUT2D eigenvalue weighted by molar-refractivity contribution is 0.0560. The molecule has 3 amide bonds. The maximum absolute atomic E-state index is 12.3. The number of guanidine groups is 2. The molecular weight excluding hydrogens is 620 g/mol. The number of carbonyl (C=O) groups is 3. The molecule has 18 heteroatoms. The SMILES string of the molecule is CC(C)(C)OC(=O)N=C(NCCCN1CCN(CCCCNC(=N)NC(=O)c2nc(Cl)c(N)nc2N)CC1)NC(=O)OC(C)(C)C. The lowest BCUT2D eigenvalue weighted by atomic mass is 10.2. The van der Waals surface area contributed by atoms with Crippen LogP contribution in [-0.4, -0.2) is 113 Å². The van der Waals surface area contributed by atoms with Crippen molar-refractivity contribution in [3.8, 4) is 0 Å². The molecule has 1 aromatic heterocycles. The number of alkyl carbamates (subject to hydrolysis) is 1. The van der Waals surface area contributed by atoms with Crippen LogP contribution in [0.15, 0.2) is 4.99 Å². The second-order valence-electron chi connectivity index (χ2n) is 12.6. The van der Waals surface area contributed by atoms with Crippen LogP contribution in [0.3, 0.4) is 0 Å². The Morgan fingerprint density at radius 1 is 0.848 bits per heavy atom. The summed E-state index contributed by atoms with van der Waals surface area (Å²) in [6, 6.07) is 0. The van der Waals surface area contributed by atoms with Gasteiger partial charge in [0, 0.05) is 39.3 Å². The van der Waals surface area contributed by atoms with Crippen LogP contribution in [0.2, 0.25) is 5.15 Å². The van der Waals surface area contributed by atoms with Crippen molar-refractivity contribution in [1.82, 2.24) is 41.0 Å². The summed E-state index contributed by atoms with van der Waals surface area (Å²) in [5, 5.41) is 18.5. The fraction of sp³-hybridized carbons (Fsp3) is 0.679. The first kappa shape index (κ1) is 38.2. The number of unbranched alkanes of at least 4 members (excludes halogenated alkanes) is 1. The van der Waals surface area contributed by atoms with E-state index < -0.39 is 29.3 Å². The Morgan fingerprint density at radius 2 is 1.41 bits per heavy atom. The summed E-state index contributed by atoms with van der Waals surface area (Å²) in [7, 11) is 0. The van der Waals surface area contributed by atoms with Crippen LogP contribution in [-0.2, 0) is 9.47 Å². The number of halogens is 1. The van der Waals surface area contributed by atoms with Crippen molar-refractivity contribution in [3.63, 3.8) is 0 Å². The molecule has 258 valence electrons. The number of rotatable bonds is 10. The highest BCUT2D eigenvalue weighted by atomic mass is 35.5. The number of aliphatic imine (C=N–C) groups is 1. The first-order chi connectivity index (χ1) is 21.4. The Balaban J connectivity index is 1.64. The van der Waals surface area contributed by atoms with E-state index in [-0.39, 0.29) is 34.4 Å². The molecule has 0 spiro atoms. The van der Waals surface area contributed by atoms with Crippen molar-refractivity contribution in [3.05, 3.63) is 10.8 Å². The van der Waals surface area contributed by atoms with Crippen molar-refractivity contribution >= 4 is 53.2 Å². The van der Waals surface area contributed by atoms with Crippen molar-refractivity contribution in [1.29, 1.82) is 5.41 Å². The third-order valence-corrected chi connectivity index (χ3v) is 6.46. The molecule has 17 nitrogen and oxygen atoms in total. The fourth-order valence-electron chi connectivity index (χ4n) is 4.13. The van der Waals surface area contributed by atoms with Gasteiger partial charge < -0.3 is 41.4 Å². The topological polar surface area (TPSA) is 238 Å². The minimum absolute atomic E-state index is 0.0222. The molecule has 46 heavy (non-hydrogen) atoms. The molecule has 1 saturated heterocycles. The number of ether oxygens (including phenoxy) is 2. The minimum atomic E-state index is -0.816. The van der Waals surface area contributed by atoms with Crippen LogP contribution < -0.4 is 32.7 Å². The normalized spacial score (nSPS) is 14.7. The second-order valence-corrected chi connectivity index (χ2v) is 13.0. The number of nitrogens with one attached hydrogen (secondary N) is 5. The Labute approximate surface area is 275 Å². The number of nitrogens with two attached hydrogens (primary N) is 2. The summed E-state index contributed by atoms with van der Waals surface area (Å²) in [5.74, 6) is -1.15. The van der Waals surface area contributed by atoms with Crippen LogP contribution >= 0.6 is 11.6 Å². The van der Waals surface area contributed by atoms with E-state index in [1.165, 1.54) is 0 Å². The first-order valence-electron chi connectivity index (χ1n) is 15.1.